The molecule has 1 heterocycles. The molecule has 2 atom stereocenters. The Balaban J connectivity index is 2.75. The van der Waals surface area contributed by atoms with Gasteiger partial charge in [0, 0.05) is 49.1 Å². The van der Waals surface area contributed by atoms with Crippen LogP contribution in [-0.2, 0) is 23.9 Å². The molecule has 8 heteroatoms. The maximum atomic E-state index is 12.8. The van der Waals surface area contributed by atoms with Crippen LogP contribution in [0.15, 0.2) is 0 Å². The summed E-state index contributed by atoms with van der Waals surface area (Å²) in [5.41, 5.74) is 0. The van der Waals surface area contributed by atoms with Crippen LogP contribution in [0.25, 0.3) is 0 Å². The van der Waals surface area contributed by atoms with E-state index in [2.05, 4.69) is 33.0 Å². The Bertz CT molecular complexity index is 639. The van der Waals surface area contributed by atoms with Gasteiger partial charge in [0.1, 0.15) is 24.8 Å². The largest absolute Gasteiger partial charge is 0.364 e. The van der Waals surface area contributed by atoms with Gasteiger partial charge in [0.25, 0.3) is 0 Å². The minimum atomic E-state index is -0.228. The topological polar surface area (TPSA) is 89.5 Å². The van der Waals surface area contributed by atoms with Gasteiger partial charge >= 0.3 is 0 Å². The predicted octanol–water partition coefficient (Wildman–Crippen LogP) is 5.28. The monoisotopic (exact) mass is 515 g/mol. The molecule has 0 aliphatic carbocycles. The Kier molecular flexibility index (Phi) is 16.9. The number of carbonyl (C=O) groups excluding carboxylic acids is 4. The molecule has 0 radical (unpaired) electrons. The first kappa shape index (κ1) is 31.2. The summed E-state index contributed by atoms with van der Waals surface area (Å²) in [6.07, 6.45) is 6.53. The highest BCUT2D eigenvalue weighted by Gasteiger charge is 2.22. The highest BCUT2D eigenvalue weighted by Crippen LogP contribution is 2.31. The van der Waals surface area contributed by atoms with Crippen molar-refractivity contribution in [3.63, 3.8) is 0 Å². The number of Topliss-reactive ketones (excluding diaryl/α,β-unsaturated/α-hetero) is 3. The van der Waals surface area contributed by atoms with Crippen molar-refractivity contribution in [3.05, 3.63) is 0 Å². The third-order valence-electron chi connectivity index (χ3n) is 5.81. The van der Waals surface area contributed by atoms with Gasteiger partial charge < -0.3 is 10.1 Å². The molecule has 0 aromatic heterocycles. The summed E-state index contributed by atoms with van der Waals surface area (Å²) in [6, 6.07) is 0. The lowest BCUT2D eigenvalue weighted by Gasteiger charge is -2.19. The molecule has 0 aromatic carbocycles. The maximum Gasteiger partial charge on any atom is 0.246 e. The van der Waals surface area contributed by atoms with E-state index in [1.807, 2.05) is 0 Å². The van der Waals surface area contributed by atoms with Crippen molar-refractivity contribution in [1.82, 2.24) is 5.32 Å². The Hall–Kier alpha value is -0.860. The van der Waals surface area contributed by atoms with E-state index in [-0.39, 0.29) is 42.5 Å². The van der Waals surface area contributed by atoms with Gasteiger partial charge in [-0.1, -0.05) is 62.1 Å². The quantitative estimate of drug-likeness (QED) is 0.482. The van der Waals surface area contributed by atoms with Crippen LogP contribution in [0.3, 0.4) is 0 Å². The summed E-state index contributed by atoms with van der Waals surface area (Å²) in [6.45, 7) is 8.60. The number of hydrogen-bond acceptors (Lipinski definition) is 7. The summed E-state index contributed by atoms with van der Waals surface area (Å²) in [7, 11) is 3.41. The number of rotatable bonds is 6. The van der Waals surface area contributed by atoms with E-state index in [0.29, 0.717) is 43.4 Å². The van der Waals surface area contributed by atoms with Crippen LogP contribution in [0.5, 0.6) is 0 Å². The van der Waals surface area contributed by atoms with Crippen LogP contribution in [0.4, 0.5) is 0 Å². The van der Waals surface area contributed by atoms with Crippen LogP contribution >= 0.6 is 21.6 Å². The summed E-state index contributed by atoms with van der Waals surface area (Å²) in [5.74, 6) is 2.56. The Labute approximate surface area is 214 Å². The van der Waals surface area contributed by atoms with Crippen molar-refractivity contribution in [2.45, 2.75) is 85.5 Å². The normalized spacial score (nSPS) is 23.5. The lowest BCUT2D eigenvalue weighted by Crippen LogP contribution is -2.30. The fourth-order valence-electron chi connectivity index (χ4n) is 3.92. The van der Waals surface area contributed by atoms with Gasteiger partial charge in [-0.15, -0.1) is 0 Å². The van der Waals surface area contributed by atoms with Crippen LogP contribution in [0.1, 0.15) is 85.5 Å². The number of nitrogens with one attached hydrogen (secondary N) is 1. The smallest absolute Gasteiger partial charge is 0.246 e. The molecule has 6 nitrogen and oxygen atoms in total. The minimum absolute atomic E-state index is 0.00750. The van der Waals surface area contributed by atoms with Crippen molar-refractivity contribution in [2.24, 2.45) is 23.7 Å². The average Bonchev–Trinajstić information content (AvgIpc) is 2.74. The van der Waals surface area contributed by atoms with Gasteiger partial charge in [0.2, 0.25) is 5.91 Å². The van der Waals surface area contributed by atoms with E-state index in [4.69, 9.17) is 4.74 Å². The third kappa shape index (κ3) is 15.2. The number of ether oxygens (including phenoxy) is 1. The molecule has 1 N–H and O–H groups in total. The molecule has 2 unspecified atom stereocenters. The van der Waals surface area contributed by atoms with Crippen molar-refractivity contribution >= 4 is 44.8 Å². The van der Waals surface area contributed by atoms with Gasteiger partial charge in [0.15, 0.2) is 5.78 Å². The summed E-state index contributed by atoms with van der Waals surface area (Å²) >= 11 is 0. The van der Waals surface area contributed by atoms with Crippen LogP contribution in [0.2, 0.25) is 0 Å². The zero-order valence-electron chi connectivity index (χ0n) is 21.6. The molecule has 1 aliphatic rings. The SMILES string of the molecule is CC(C)CC(=O)C1CCCCCC(=O)COCC(=O)NCCCC(C(=O)CC(C)C)CSSC1. The zero-order chi connectivity index (χ0) is 25.3. The molecule has 0 aromatic rings. The van der Waals surface area contributed by atoms with Crippen molar-refractivity contribution in [3.8, 4) is 0 Å². The molecule has 0 spiro atoms. The molecule has 1 fully saturated rings. The summed E-state index contributed by atoms with van der Waals surface area (Å²) in [5, 5.41) is 2.82. The molecule has 1 aliphatic heterocycles. The van der Waals surface area contributed by atoms with Gasteiger partial charge in [-0.3, -0.25) is 19.2 Å². The second-order valence-corrected chi connectivity index (χ2v) is 12.8. The van der Waals surface area contributed by atoms with Crippen LogP contribution < -0.4 is 5.32 Å². The molecule has 34 heavy (non-hydrogen) atoms. The third-order valence-corrected chi connectivity index (χ3v) is 8.37. The second-order valence-electron chi connectivity index (χ2n) is 10.2. The standard InChI is InChI=1S/C26H45NO5S2/c1-19(2)13-24(29)21-9-6-5-7-11-23(28)15-32-16-26(31)27-12-8-10-22(18-34-33-17-21)25(30)14-20(3)4/h19-22H,5-18H2,1-4H3,(H,27,31). The van der Waals surface area contributed by atoms with E-state index in [1.54, 1.807) is 21.6 Å². The van der Waals surface area contributed by atoms with Crippen LogP contribution in [0, 0.1) is 23.7 Å². The van der Waals surface area contributed by atoms with E-state index >= 15 is 0 Å². The van der Waals surface area contributed by atoms with Gasteiger partial charge in [0.05, 0.1) is 0 Å². The van der Waals surface area contributed by atoms with Gasteiger partial charge in [-0.05, 0) is 37.5 Å². The van der Waals surface area contributed by atoms with E-state index in [9.17, 15) is 19.2 Å². The molecule has 1 amide bonds. The maximum absolute atomic E-state index is 12.8. The lowest BCUT2D eigenvalue weighted by atomic mass is 9.93. The minimum Gasteiger partial charge on any atom is -0.364 e. The van der Waals surface area contributed by atoms with E-state index < -0.39 is 0 Å². The first-order chi connectivity index (χ1) is 16.2. The van der Waals surface area contributed by atoms with Gasteiger partial charge in [-0.2, -0.15) is 0 Å². The molecular weight excluding hydrogens is 470 g/mol. The molecule has 196 valence electrons. The number of hydrogen-bond donors (Lipinski definition) is 1. The fraction of sp³-hybridized carbons (Fsp3) is 0.846. The first-order valence-electron chi connectivity index (χ1n) is 12.8. The van der Waals surface area contributed by atoms with E-state index in [0.717, 1.165) is 50.0 Å². The second kappa shape index (κ2) is 18.4. The number of carbonyl (C=O) groups is 4. The summed E-state index contributed by atoms with van der Waals surface area (Å²) < 4.78 is 5.26. The van der Waals surface area contributed by atoms with E-state index in [1.165, 1.54) is 0 Å². The fourth-order valence-corrected chi connectivity index (χ4v) is 6.71. The Morgan fingerprint density at radius 1 is 0.853 bits per heavy atom. The average molecular weight is 516 g/mol. The highest BCUT2D eigenvalue weighted by atomic mass is 33.1. The zero-order valence-corrected chi connectivity index (χ0v) is 23.2. The number of ketones is 3. The predicted molar refractivity (Wildman–Crippen MR) is 142 cm³/mol. The van der Waals surface area contributed by atoms with Crippen LogP contribution in [-0.4, -0.2) is 54.5 Å². The van der Waals surface area contributed by atoms with Gasteiger partial charge in [-0.25, -0.2) is 0 Å². The summed E-state index contributed by atoms with van der Waals surface area (Å²) in [4.78, 5) is 49.5. The number of amides is 1. The molecule has 0 saturated carbocycles. The molecule has 1 saturated heterocycles. The van der Waals surface area contributed by atoms with Crippen molar-refractivity contribution < 1.29 is 23.9 Å². The molecule has 0 bridgehead atoms. The first-order valence-corrected chi connectivity index (χ1v) is 15.3. The lowest BCUT2D eigenvalue weighted by molar-refractivity contribution is -0.130. The molecular formula is C26H45NO5S2. The van der Waals surface area contributed by atoms with Crippen molar-refractivity contribution in [2.75, 3.05) is 31.3 Å². The highest BCUT2D eigenvalue weighted by molar-refractivity contribution is 8.76. The van der Waals surface area contributed by atoms with Crippen molar-refractivity contribution in [1.29, 1.82) is 0 Å². The Morgan fingerprint density at radius 3 is 1.97 bits per heavy atom. The molecule has 1 rings (SSSR count). The Morgan fingerprint density at radius 2 is 1.41 bits per heavy atom.